The highest BCUT2D eigenvalue weighted by Crippen LogP contribution is 2.33. The van der Waals surface area contributed by atoms with Crippen molar-refractivity contribution in [2.75, 3.05) is 26.2 Å². The van der Waals surface area contributed by atoms with Gasteiger partial charge in [-0.05, 0) is 38.4 Å². The van der Waals surface area contributed by atoms with E-state index in [1.165, 1.54) is 5.56 Å². The van der Waals surface area contributed by atoms with E-state index in [4.69, 9.17) is 4.74 Å². The van der Waals surface area contributed by atoms with Crippen molar-refractivity contribution in [3.05, 3.63) is 29.8 Å². The van der Waals surface area contributed by atoms with Crippen molar-refractivity contribution in [1.82, 2.24) is 4.90 Å². The summed E-state index contributed by atoms with van der Waals surface area (Å²) in [6, 6.07) is 7.98. The predicted octanol–water partition coefficient (Wildman–Crippen LogP) is 2.56. The number of rotatable bonds is 6. The minimum absolute atomic E-state index is 0.552. The van der Waals surface area contributed by atoms with E-state index >= 15 is 0 Å². The first-order valence-electron chi connectivity index (χ1n) is 7.21. The van der Waals surface area contributed by atoms with Crippen LogP contribution in [0, 0.1) is 12.3 Å². The molecule has 0 spiro atoms. The Kier molecular flexibility index (Phi) is 4.65. The van der Waals surface area contributed by atoms with Gasteiger partial charge in [-0.2, -0.15) is 0 Å². The molecule has 1 aromatic rings. The van der Waals surface area contributed by atoms with E-state index in [0.717, 1.165) is 25.3 Å². The van der Waals surface area contributed by atoms with Crippen LogP contribution in [0.2, 0.25) is 0 Å². The molecular weight excluding hydrogens is 254 g/mol. The van der Waals surface area contributed by atoms with Crippen molar-refractivity contribution in [2.24, 2.45) is 5.41 Å². The number of aryl methyl sites for hydroxylation is 1. The van der Waals surface area contributed by atoms with Gasteiger partial charge < -0.3 is 9.84 Å². The molecule has 2 rings (SSSR count). The van der Waals surface area contributed by atoms with Crippen LogP contribution in [0.5, 0.6) is 5.75 Å². The Morgan fingerprint density at radius 1 is 1.40 bits per heavy atom. The van der Waals surface area contributed by atoms with E-state index in [1.807, 2.05) is 38.1 Å². The predicted molar refractivity (Wildman–Crippen MR) is 78.1 cm³/mol. The topological polar surface area (TPSA) is 49.8 Å². The number of carboxylic acid groups (broad SMARTS) is 1. The Bertz CT molecular complexity index is 457. The Morgan fingerprint density at radius 2 is 2.10 bits per heavy atom. The Labute approximate surface area is 120 Å². The van der Waals surface area contributed by atoms with Gasteiger partial charge in [-0.15, -0.1) is 0 Å². The van der Waals surface area contributed by atoms with E-state index in [-0.39, 0.29) is 0 Å². The van der Waals surface area contributed by atoms with Gasteiger partial charge in [0.25, 0.3) is 0 Å². The average Bonchev–Trinajstić information content (AvgIpc) is 2.86. The van der Waals surface area contributed by atoms with Crippen molar-refractivity contribution in [2.45, 2.75) is 26.7 Å². The molecule has 1 aromatic carbocycles. The van der Waals surface area contributed by atoms with Gasteiger partial charge in [-0.3, -0.25) is 9.69 Å². The Hall–Kier alpha value is -1.55. The fraction of sp³-hybridized carbons (Fsp3) is 0.562. The molecule has 1 fully saturated rings. The maximum absolute atomic E-state index is 11.4. The highest BCUT2D eigenvalue weighted by Gasteiger charge is 2.42. The molecule has 110 valence electrons. The third-order valence-corrected chi connectivity index (χ3v) is 4.26. The van der Waals surface area contributed by atoms with Crippen LogP contribution >= 0.6 is 0 Å². The summed E-state index contributed by atoms with van der Waals surface area (Å²) in [6.07, 6.45) is 1.43. The van der Waals surface area contributed by atoms with Gasteiger partial charge in [-0.1, -0.05) is 24.6 Å². The van der Waals surface area contributed by atoms with Crippen LogP contribution in [0.4, 0.5) is 0 Å². The number of nitrogens with zero attached hydrogens (tertiary/aromatic N) is 1. The smallest absolute Gasteiger partial charge is 0.310 e. The van der Waals surface area contributed by atoms with Crippen molar-refractivity contribution in [1.29, 1.82) is 0 Å². The molecule has 1 saturated heterocycles. The summed E-state index contributed by atoms with van der Waals surface area (Å²) in [6.45, 7) is 6.86. The lowest BCUT2D eigenvalue weighted by atomic mass is 9.84. The van der Waals surface area contributed by atoms with Gasteiger partial charge in [0.15, 0.2) is 0 Å². The van der Waals surface area contributed by atoms with Crippen molar-refractivity contribution < 1.29 is 14.6 Å². The minimum atomic E-state index is -0.665. The molecule has 1 unspecified atom stereocenters. The second kappa shape index (κ2) is 6.27. The van der Waals surface area contributed by atoms with E-state index in [0.29, 0.717) is 19.6 Å². The summed E-state index contributed by atoms with van der Waals surface area (Å²) in [5.41, 5.74) is 0.662. The molecule has 0 saturated carbocycles. The molecule has 0 aliphatic carbocycles. The van der Waals surface area contributed by atoms with Crippen LogP contribution in [-0.4, -0.2) is 42.2 Å². The zero-order valence-corrected chi connectivity index (χ0v) is 12.3. The molecule has 0 amide bonds. The number of aliphatic carboxylic acids is 1. The quantitative estimate of drug-likeness (QED) is 0.868. The highest BCUT2D eigenvalue weighted by molar-refractivity contribution is 5.75. The van der Waals surface area contributed by atoms with E-state index in [1.54, 1.807) is 0 Å². The zero-order valence-electron chi connectivity index (χ0n) is 12.3. The number of carbonyl (C=O) groups is 1. The minimum Gasteiger partial charge on any atom is -0.492 e. The third-order valence-electron chi connectivity index (χ3n) is 4.26. The summed E-state index contributed by atoms with van der Waals surface area (Å²) >= 11 is 0. The van der Waals surface area contributed by atoms with Crippen LogP contribution in [0.15, 0.2) is 24.3 Å². The number of hydrogen-bond donors (Lipinski definition) is 1. The lowest BCUT2D eigenvalue weighted by molar-refractivity contribution is -0.148. The van der Waals surface area contributed by atoms with Gasteiger partial charge >= 0.3 is 5.97 Å². The van der Waals surface area contributed by atoms with Crippen molar-refractivity contribution >= 4 is 5.97 Å². The maximum atomic E-state index is 11.4. The largest absolute Gasteiger partial charge is 0.492 e. The molecule has 1 aliphatic rings. The van der Waals surface area contributed by atoms with Crippen LogP contribution in [0.25, 0.3) is 0 Å². The highest BCUT2D eigenvalue weighted by atomic mass is 16.5. The summed E-state index contributed by atoms with van der Waals surface area (Å²) in [7, 11) is 0. The lowest BCUT2D eigenvalue weighted by Gasteiger charge is -2.23. The summed E-state index contributed by atoms with van der Waals surface area (Å²) in [5.74, 6) is 0.205. The van der Waals surface area contributed by atoms with Crippen molar-refractivity contribution in [3.63, 3.8) is 0 Å². The molecule has 1 aliphatic heterocycles. The number of benzene rings is 1. The maximum Gasteiger partial charge on any atom is 0.310 e. The number of carboxylic acids is 1. The summed E-state index contributed by atoms with van der Waals surface area (Å²) in [5, 5.41) is 9.35. The van der Waals surface area contributed by atoms with Gasteiger partial charge in [-0.25, -0.2) is 0 Å². The molecule has 1 atom stereocenters. The van der Waals surface area contributed by atoms with Gasteiger partial charge in [0, 0.05) is 13.1 Å². The molecule has 20 heavy (non-hydrogen) atoms. The molecule has 0 aromatic heterocycles. The number of hydrogen-bond acceptors (Lipinski definition) is 3. The first-order chi connectivity index (χ1) is 9.55. The van der Waals surface area contributed by atoms with E-state index in [2.05, 4.69) is 4.90 Å². The lowest BCUT2D eigenvalue weighted by Crippen LogP contribution is -2.35. The summed E-state index contributed by atoms with van der Waals surface area (Å²) in [4.78, 5) is 13.6. The zero-order chi connectivity index (χ0) is 14.6. The molecule has 0 bridgehead atoms. The fourth-order valence-electron chi connectivity index (χ4n) is 2.69. The fourth-order valence-corrected chi connectivity index (χ4v) is 2.69. The molecule has 1 N–H and O–H groups in total. The van der Waals surface area contributed by atoms with Crippen LogP contribution in [0.3, 0.4) is 0 Å². The molecule has 0 radical (unpaired) electrons. The second-order valence-electron chi connectivity index (χ2n) is 5.63. The first-order valence-corrected chi connectivity index (χ1v) is 7.21. The Balaban J connectivity index is 1.78. The Morgan fingerprint density at radius 3 is 2.65 bits per heavy atom. The van der Waals surface area contributed by atoms with E-state index < -0.39 is 11.4 Å². The first kappa shape index (κ1) is 14.9. The summed E-state index contributed by atoms with van der Waals surface area (Å²) < 4.78 is 5.70. The van der Waals surface area contributed by atoms with Crippen molar-refractivity contribution in [3.8, 4) is 5.75 Å². The molecule has 4 heteroatoms. The second-order valence-corrected chi connectivity index (χ2v) is 5.63. The number of ether oxygens (including phenoxy) is 1. The van der Waals surface area contributed by atoms with Gasteiger partial charge in [0.2, 0.25) is 0 Å². The standard InChI is InChI=1S/C16H23NO3/c1-3-16(15(18)19)8-9-17(12-16)10-11-20-14-6-4-13(2)5-7-14/h4-7H,3,8-12H2,1-2H3,(H,18,19). The third kappa shape index (κ3) is 3.31. The van der Waals surface area contributed by atoms with E-state index in [9.17, 15) is 9.90 Å². The average molecular weight is 277 g/mol. The molecule has 1 heterocycles. The van der Waals surface area contributed by atoms with Crippen LogP contribution in [0.1, 0.15) is 25.3 Å². The molecular formula is C16H23NO3. The normalized spacial score (nSPS) is 22.9. The van der Waals surface area contributed by atoms with Crippen LogP contribution in [-0.2, 0) is 4.79 Å². The van der Waals surface area contributed by atoms with Gasteiger partial charge in [0.1, 0.15) is 12.4 Å². The SMILES string of the molecule is CCC1(C(=O)O)CCN(CCOc2ccc(C)cc2)C1. The van der Waals surface area contributed by atoms with Crippen LogP contribution < -0.4 is 4.74 Å². The molecule has 4 nitrogen and oxygen atoms in total. The monoisotopic (exact) mass is 277 g/mol. The number of likely N-dealkylation sites (tertiary alicyclic amines) is 1. The van der Waals surface area contributed by atoms with Gasteiger partial charge in [0.05, 0.1) is 5.41 Å².